The maximum atomic E-state index is 12.4. The second-order valence-corrected chi connectivity index (χ2v) is 19.6. The third-order valence-electron chi connectivity index (χ3n) is 12.8. The molecule has 6 aromatic carbocycles. The van der Waals surface area contributed by atoms with Crippen LogP contribution in [0.1, 0.15) is 101 Å². The van der Waals surface area contributed by atoms with Crippen molar-refractivity contribution < 1.29 is 27.9 Å². The Labute approximate surface area is 394 Å². The SMILES string of the molecule is CCCCc1cc2c(O)c(c1)c1nc3c(o1)c(CCCC)cc1cc(CCCC)c4oc(nc4c13)c1cc(CCCC)cc(c1O)c1nc3c(o1)c(I)cc1cc(I)c4oc2nc4c13. The molecule has 11 aromatic rings. The highest BCUT2D eigenvalue weighted by atomic mass is 127. The zero-order valence-electron chi connectivity index (χ0n) is 36.2. The lowest BCUT2D eigenvalue weighted by molar-refractivity contribution is 0.485. The number of phenols is 2. The highest BCUT2D eigenvalue weighted by molar-refractivity contribution is 14.1. The molecule has 0 saturated heterocycles. The average molecular weight is 1080 g/mol. The summed E-state index contributed by atoms with van der Waals surface area (Å²) in [6, 6.07) is 16.5. The molecule has 0 aliphatic carbocycles. The number of aryl methyl sites for hydroxylation is 4. The van der Waals surface area contributed by atoms with E-state index in [1.54, 1.807) is 0 Å². The third-order valence-corrected chi connectivity index (χ3v) is 14.4. The highest BCUT2D eigenvalue weighted by Crippen LogP contribution is 2.44. The van der Waals surface area contributed by atoms with Crippen molar-refractivity contribution in [2.45, 2.75) is 105 Å². The summed E-state index contributed by atoms with van der Waals surface area (Å²) in [5.74, 6) is -0.0584. The lowest BCUT2D eigenvalue weighted by atomic mass is 9.97. The standard InChI is InChI=1S/C52H46I2N4O6/c1-5-9-13-25-17-31-43(59)33(19-25)51-57-41-38-30(23-35(53)47(41)63-51)24-36(54)48-42(38)58-52(64-48)34-20-26(14-10-6-2)18-32(44(34)60)50-56-40-37-29(22-28(16-12-8-4)46(40)62-50)21-27(15-11-7-3)45-39(37)55-49(31)61-45/h17-24,59-60H,5-16H2,1-4H3. The maximum absolute atomic E-state index is 12.4. The van der Waals surface area contributed by atoms with Crippen LogP contribution in [0.3, 0.4) is 0 Å². The van der Waals surface area contributed by atoms with Crippen molar-refractivity contribution >= 4 is 156 Å². The van der Waals surface area contributed by atoms with E-state index in [9.17, 15) is 10.2 Å². The van der Waals surface area contributed by atoms with Gasteiger partial charge in [-0.2, -0.15) is 0 Å². The van der Waals surface area contributed by atoms with Crippen molar-refractivity contribution in [3.63, 3.8) is 0 Å². The molecule has 0 aliphatic heterocycles. The van der Waals surface area contributed by atoms with E-state index in [2.05, 4.69) is 97.1 Å². The van der Waals surface area contributed by atoms with E-state index in [-0.39, 0.29) is 22.9 Å². The minimum absolute atomic E-state index is 0.0292. The van der Waals surface area contributed by atoms with Gasteiger partial charge in [-0.3, -0.25) is 0 Å². The summed E-state index contributed by atoms with van der Waals surface area (Å²) in [4.78, 5) is 21.0. The number of rotatable bonds is 12. The molecule has 0 unspecified atom stereocenters. The molecule has 0 saturated carbocycles. The van der Waals surface area contributed by atoms with Crippen LogP contribution < -0.4 is 0 Å². The average Bonchev–Trinajstić information content (AvgIpc) is 4.12. The van der Waals surface area contributed by atoms with E-state index >= 15 is 0 Å². The van der Waals surface area contributed by atoms with Crippen LogP contribution in [-0.2, 0) is 25.7 Å². The lowest BCUT2D eigenvalue weighted by Gasteiger charge is -2.08. The third kappa shape index (κ3) is 6.67. The van der Waals surface area contributed by atoms with E-state index < -0.39 is 0 Å². The van der Waals surface area contributed by atoms with Crippen LogP contribution in [0.25, 0.3) is 110 Å². The fourth-order valence-electron chi connectivity index (χ4n) is 9.43. The summed E-state index contributed by atoms with van der Waals surface area (Å²) in [7, 11) is 0. The molecule has 12 heteroatoms. The Bertz CT molecular complexity index is 3510. The molecule has 11 rings (SSSR count). The van der Waals surface area contributed by atoms with Gasteiger partial charge in [0.1, 0.15) is 33.6 Å². The van der Waals surface area contributed by atoms with E-state index in [1.165, 1.54) is 0 Å². The van der Waals surface area contributed by atoms with Gasteiger partial charge < -0.3 is 27.9 Å². The Morgan fingerprint density at radius 3 is 1.09 bits per heavy atom. The van der Waals surface area contributed by atoms with Gasteiger partial charge in [0.2, 0.25) is 22.9 Å². The van der Waals surface area contributed by atoms with Gasteiger partial charge in [0.15, 0.2) is 22.3 Å². The minimum atomic E-state index is -0.0292. The molecule has 2 N–H and O–H groups in total. The van der Waals surface area contributed by atoms with Crippen molar-refractivity contribution in [2.75, 3.05) is 0 Å². The molecule has 5 heterocycles. The number of nitrogens with zero attached hydrogens (tertiary/aromatic N) is 4. The summed E-state index contributed by atoms with van der Waals surface area (Å²) in [6.45, 7) is 8.72. The molecule has 64 heavy (non-hydrogen) atoms. The molecule has 324 valence electrons. The summed E-state index contributed by atoms with van der Waals surface area (Å²) in [5, 5.41) is 30.2. The monoisotopic (exact) mass is 1080 g/mol. The molecule has 0 amide bonds. The van der Waals surface area contributed by atoms with Gasteiger partial charge in [0, 0.05) is 10.8 Å². The number of halogens is 2. The van der Waals surface area contributed by atoms with Crippen LogP contribution in [0.15, 0.2) is 66.2 Å². The van der Waals surface area contributed by atoms with Crippen molar-refractivity contribution in [3.05, 3.63) is 77.9 Å². The first-order valence-corrected chi connectivity index (χ1v) is 24.8. The first-order chi connectivity index (χ1) is 31.2. The molecular formula is C52H46I2N4O6. The predicted octanol–water partition coefficient (Wildman–Crippen LogP) is 15.7. The highest BCUT2D eigenvalue weighted by Gasteiger charge is 2.25. The van der Waals surface area contributed by atoms with Crippen molar-refractivity contribution in [1.29, 1.82) is 0 Å². The first-order valence-electron chi connectivity index (χ1n) is 22.6. The Morgan fingerprint density at radius 1 is 0.422 bits per heavy atom. The molecule has 10 nitrogen and oxygen atoms in total. The number of aromatic nitrogens is 4. The number of hydrogen-bond acceptors (Lipinski definition) is 10. The Hall–Kier alpha value is -5.22. The lowest BCUT2D eigenvalue weighted by Crippen LogP contribution is -1.92. The molecule has 12 bridgehead atoms. The van der Waals surface area contributed by atoms with Gasteiger partial charge >= 0.3 is 0 Å². The number of benzene rings is 6. The zero-order valence-corrected chi connectivity index (χ0v) is 40.5. The second-order valence-electron chi connectivity index (χ2n) is 17.3. The largest absolute Gasteiger partial charge is 0.506 e. The summed E-state index contributed by atoms with van der Waals surface area (Å²) in [5.41, 5.74) is 10.2. The van der Waals surface area contributed by atoms with E-state index in [0.29, 0.717) is 77.4 Å². The normalized spacial score (nSPS) is 12.5. The number of fused-ring (bicyclic) bond motifs is 12. The van der Waals surface area contributed by atoms with Crippen LogP contribution >= 0.6 is 45.2 Å². The van der Waals surface area contributed by atoms with Crippen LogP contribution in [-0.4, -0.2) is 30.1 Å². The van der Waals surface area contributed by atoms with Gasteiger partial charge in [0.05, 0.1) is 28.7 Å². The number of phenolic OH excluding ortho intramolecular Hbond substituents is 2. The Kier molecular flexibility index (Phi) is 10.6. The van der Waals surface area contributed by atoms with Crippen molar-refractivity contribution in [1.82, 2.24) is 19.9 Å². The molecule has 0 spiro atoms. The number of unbranched alkanes of at least 4 members (excludes halogenated alkanes) is 4. The van der Waals surface area contributed by atoms with Crippen molar-refractivity contribution in [3.8, 4) is 11.5 Å². The van der Waals surface area contributed by atoms with E-state index in [0.717, 1.165) is 128 Å². The number of hydrogen-bond donors (Lipinski definition) is 2. The fourth-order valence-corrected chi connectivity index (χ4v) is 10.8. The first kappa shape index (κ1) is 41.5. The van der Waals surface area contributed by atoms with Crippen LogP contribution in [0, 0.1) is 7.14 Å². The fraction of sp³-hybridized carbons (Fsp3) is 0.308. The molecule has 0 aliphatic rings. The smallest absolute Gasteiger partial charge is 0.231 e. The van der Waals surface area contributed by atoms with Gasteiger partial charge in [0.25, 0.3) is 0 Å². The van der Waals surface area contributed by atoms with Crippen LogP contribution in [0.5, 0.6) is 11.5 Å². The topological polar surface area (TPSA) is 145 Å². The molecular weight excluding hydrogens is 1030 g/mol. The van der Waals surface area contributed by atoms with Crippen molar-refractivity contribution in [2.24, 2.45) is 0 Å². The second kappa shape index (κ2) is 16.3. The molecule has 5 aromatic heterocycles. The van der Waals surface area contributed by atoms with E-state index in [4.69, 9.17) is 37.6 Å². The van der Waals surface area contributed by atoms with Crippen LogP contribution in [0.4, 0.5) is 0 Å². The zero-order chi connectivity index (χ0) is 44.0. The van der Waals surface area contributed by atoms with Gasteiger partial charge in [-0.15, -0.1) is 0 Å². The molecule has 0 radical (unpaired) electrons. The summed E-state index contributed by atoms with van der Waals surface area (Å²) >= 11 is 4.58. The van der Waals surface area contributed by atoms with Gasteiger partial charge in [-0.05, 0) is 178 Å². The number of oxazole rings is 4. The molecule has 0 atom stereocenters. The maximum Gasteiger partial charge on any atom is 0.231 e. The van der Waals surface area contributed by atoms with Gasteiger partial charge in [-0.25, -0.2) is 19.9 Å². The number of aromatic hydroxyl groups is 2. The van der Waals surface area contributed by atoms with E-state index in [1.807, 2.05) is 24.3 Å². The minimum Gasteiger partial charge on any atom is -0.506 e. The summed E-state index contributed by atoms with van der Waals surface area (Å²) < 4.78 is 28.9. The Balaban J connectivity index is 1.40. The predicted molar refractivity (Wildman–Crippen MR) is 274 cm³/mol. The quantitative estimate of drug-likeness (QED) is 0.113. The molecule has 0 fully saturated rings. The van der Waals surface area contributed by atoms with Gasteiger partial charge in [-0.1, -0.05) is 53.4 Å². The Morgan fingerprint density at radius 2 is 0.734 bits per heavy atom. The van der Waals surface area contributed by atoms with Crippen LogP contribution in [0.2, 0.25) is 0 Å². The summed E-state index contributed by atoms with van der Waals surface area (Å²) in [6.07, 6.45) is 11.0.